The number of fused-ring (bicyclic) bond motifs is 1. The van der Waals surface area contributed by atoms with Gasteiger partial charge in [-0.25, -0.2) is 9.78 Å². The van der Waals surface area contributed by atoms with Crippen molar-refractivity contribution in [1.29, 1.82) is 0 Å². The van der Waals surface area contributed by atoms with Crippen molar-refractivity contribution >= 4 is 23.0 Å². The van der Waals surface area contributed by atoms with E-state index in [1.54, 1.807) is 5.38 Å². The number of para-hydroxylation sites is 1. The molecular weight excluding hydrogens is 260 g/mol. The van der Waals surface area contributed by atoms with Gasteiger partial charge in [-0.1, -0.05) is 18.2 Å². The largest absolute Gasteiger partial charge is 0.476 e. The molecule has 1 aromatic carbocycles. The van der Waals surface area contributed by atoms with Gasteiger partial charge in [0, 0.05) is 17.1 Å². The molecule has 19 heavy (non-hydrogen) atoms. The van der Waals surface area contributed by atoms with Gasteiger partial charge in [0.2, 0.25) is 0 Å². The fraction of sp³-hybridized carbons (Fsp3) is 0.286. The van der Waals surface area contributed by atoms with E-state index >= 15 is 0 Å². The van der Waals surface area contributed by atoms with Crippen molar-refractivity contribution in [3.63, 3.8) is 0 Å². The number of hydrogen-bond acceptors (Lipinski definition) is 4. The maximum Gasteiger partial charge on any atom is 0.355 e. The highest BCUT2D eigenvalue weighted by Gasteiger charge is 2.26. The summed E-state index contributed by atoms with van der Waals surface area (Å²) >= 11 is 1.41. The first-order chi connectivity index (χ1) is 9.15. The highest BCUT2D eigenvalue weighted by Crippen LogP contribution is 2.33. The van der Waals surface area contributed by atoms with Crippen LogP contribution in [0.15, 0.2) is 29.6 Å². The number of hydrogen-bond donors (Lipinski definition) is 1. The molecule has 2 aromatic rings. The van der Waals surface area contributed by atoms with Crippen molar-refractivity contribution in [3.8, 4) is 0 Å². The van der Waals surface area contributed by atoms with Crippen LogP contribution in [0.1, 0.15) is 28.0 Å². The van der Waals surface area contributed by atoms with Crippen LogP contribution in [0.5, 0.6) is 0 Å². The number of thiazole rings is 1. The van der Waals surface area contributed by atoms with Gasteiger partial charge in [-0.3, -0.25) is 0 Å². The molecule has 98 valence electrons. The van der Waals surface area contributed by atoms with Crippen molar-refractivity contribution in [1.82, 2.24) is 4.98 Å². The lowest BCUT2D eigenvalue weighted by molar-refractivity contribution is 0.0691. The van der Waals surface area contributed by atoms with Crippen LogP contribution in [-0.4, -0.2) is 22.1 Å². The first kappa shape index (κ1) is 12.2. The lowest BCUT2D eigenvalue weighted by atomic mass is 10.1. The summed E-state index contributed by atoms with van der Waals surface area (Å²) < 4.78 is 0. The Morgan fingerprint density at radius 3 is 3.05 bits per heavy atom. The molecule has 0 bridgehead atoms. The molecule has 1 aliphatic rings. The van der Waals surface area contributed by atoms with E-state index in [2.05, 4.69) is 35.0 Å². The van der Waals surface area contributed by atoms with Gasteiger partial charge in [-0.2, -0.15) is 0 Å². The maximum absolute atomic E-state index is 10.8. The van der Waals surface area contributed by atoms with Gasteiger partial charge in [-0.05, 0) is 25.0 Å². The molecule has 0 fully saturated rings. The average Bonchev–Trinajstić information content (AvgIpc) is 2.96. The molecule has 0 radical (unpaired) electrons. The number of benzene rings is 1. The zero-order valence-corrected chi connectivity index (χ0v) is 11.4. The number of aromatic carboxylic acids is 1. The molecule has 1 atom stereocenters. The van der Waals surface area contributed by atoms with E-state index in [1.165, 1.54) is 22.6 Å². The van der Waals surface area contributed by atoms with Crippen molar-refractivity contribution < 1.29 is 9.90 Å². The van der Waals surface area contributed by atoms with Gasteiger partial charge in [-0.15, -0.1) is 11.3 Å². The van der Waals surface area contributed by atoms with Crippen LogP contribution in [0.25, 0.3) is 0 Å². The standard InChI is InChI=1S/C14H14N2O2S/c1-9-6-10-4-2-3-5-12(10)16(9)7-13-15-11(8-19-13)14(17)18/h2-5,8-9H,6-7H2,1H3,(H,17,18). The Morgan fingerprint density at radius 2 is 2.32 bits per heavy atom. The number of nitrogens with zero attached hydrogens (tertiary/aromatic N) is 2. The van der Waals surface area contributed by atoms with Gasteiger partial charge in [0.25, 0.3) is 0 Å². The fourth-order valence-electron chi connectivity index (χ4n) is 2.50. The summed E-state index contributed by atoms with van der Waals surface area (Å²) in [5, 5.41) is 11.3. The molecular formula is C14H14N2O2S. The molecule has 1 N–H and O–H groups in total. The third kappa shape index (κ3) is 2.21. The molecule has 3 rings (SSSR count). The minimum Gasteiger partial charge on any atom is -0.476 e. The van der Waals surface area contributed by atoms with Crippen LogP contribution in [0.2, 0.25) is 0 Å². The summed E-state index contributed by atoms with van der Waals surface area (Å²) in [6.45, 7) is 2.86. The molecule has 0 spiro atoms. The van der Waals surface area contributed by atoms with Crippen molar-refractivity contribution in [2.75, 3.05) is 4.90 Å². The van der Waals surface area contributed by atoms with Crippen LogP contribution in [0, 0.1) is 0 Å². The number of carbonyl (C=O) groups is 1. The van der Waals surface area contributed by atoms with E-state index in [-0.39, 0.29) is 5.69 Å². The minimum atomic E-state index is -0.961. The predicted octanol–water partition coefficient (Wildman–Crippen LogP) is 2.79. The number of anilines is 1. The molecule has 1 aromatic heterocycles. The molecule has 0 aliphatic carbocycles. The monoisotopic (exact) mass is 274 g/mol. The van der Waals surface area contributed by atoms with Gasteiger partial charge < -0.3 is 10.0 Å². The minimum absolute atomic E-state index is 0.139. The second kappa shape index (κ2) is 4.66. The van der Waals surface area contributed by atoms with Gasteiger partial charge >= 0.3 is 5.97 Å². The predicted molar refractivity (Wildman–Crippen MR) is 74.9 cm³/mol. The smallest absolute Gasteiger partial charge is 0.355 e. The van der Waals surface area contributed by atoms with E-state index in [4.69, 9.17) is 5.11 Å². The number of carboxylic acid groups (broad SMARTS) is 1. The quantitative estimate of drug-likeness (QED) is 0.935. The topological polar surface area (TPSA) is 53.4 Å². The summed E-state index contributed by atoms with van der Waals surface area (Å²) in [6.07, 6.45) is 1.04. The molecule has 1 unspecified atom stereocenters. The zero-order chi connectivity index (χ0) is 13.4. The van der Waals surface area contributed by atoms with Crippen molar-refractivity contribution in [3.05, 3.63) is 45.9 Å². The Balaban J connectivity index is 1.85. The molecule has 0 saturated heterocycles. The van der Waals surface area contributed by atoms with Gasteiger partial charge in [0.1, 0.15) is 5.01 Å². The van der Waals surface area contributed by atoms with Gasteiger partial charge in [0.05, 0.1) is 6.54 Å². The Morgan fingerprint density at radius 1 is 1.53 bits per heavy atom. The highest BCUT2D eigenvalue weighted by atomic mass is 32.1. The van der Waals surface area contributed by atoms with Crippen LogP contribution in [0.4, 0.5) is 5.69 Å². The number of rotatable bonds is 3. The highest BCUT2D eigenvalue weighted by molar-refractivity contribution is 7.09. The summed E-state index contributed by atoms with van der Waals surface area (Å²) in [5.41, 5.74) is 2.73. The first-order valence-corrected chi connectivity index (χ1v) is 7.05. The average molecular weight is 274 g/mol. The molecule has 2 heterocycles. The summed E-state index contributed by atoms with van der Waals surface area (Å²) in [7, 11) is 0. The second-order valence-electron chi connectivity index (χ2n) is 4.74. The van der Waals surface area contributed by atoms with Crippen LogP contribution in [-0.2, 0) is 13.0 Å². The zero-order valence-electron chi connectivity index (χ0n) is 10.5. The summed E-state index contributed by atoms with van der Waals surface area (Å²) in [6, 6.07) is 8.78. The number of aromatic nitrogens is 1. The summed E-state index contributed by atoms with van der Waals surface area (Å²) in [5.74, 6) is -0.961. The lowest BCUT2D eigenvalue weighted by Crippen LogP contribution is -2.28. The van der Waals surface area contributed by atoms with Crippen molar-refractivity contribution in [2.45, 2.75) is 25.9 Å². The third-order valence-electron chi connectivity index (χ3n) is 3.42. The molecule has 0 amide bonds. The van der Waals surface area contributed by atoms with E-state index in [1.807, 2.05) is 6.07 Å². The first-order valence-electron chi connectivity index (χ1n) is 6.17. The lowest BCUT2D eigenvalue weighted by Gasteiger charge is -2.23. The molecule has 0 saturated carbocycles. The maximum atomic E-state index is 10.8. The van der Waals surface area contributed by atoms with E-state index in [9.17, 15) is 4.79 Å². The molecule has 1 aliphatic heterocycles. The Labute approximate surface area is 115 Å². The van der Waals surface area contributed by atoms with Gasteiger partial charge in [0.15, 0.2) is 5.69 Å². The van der Waals surface area contributed by atoms with E-state index in [0.717, 1.165) is 11.4 Å². The van der Waals surface area contributed by atoms with E-state index in [0.29, 0.717) is 12.6 Å². The SMILES string of the molecule is CC1Cc2ccccc2N1Cc1nc(C(=O)O)cs1. The Bertz CT molecular complexity index is 623. The molecule has 4 nitrogen and oxygen atoms in total. The van der Waals surface area contributed by atoms with E-state index < -0.39 is 5.97 Å². The van der Waals surface area contributed by atoms with Crippen LogP contribution >= 0.6 is 11.3 Å². The number of carboxylic acids is 1. The molecule has 5 heteroatoms. The Kier molecular flexibility index (Phi) is 2.98. The van der Waals surface area contributed by atoms with Crippen LogP contribution < -0.4 is 4.90 Å². The third-order valence-corrected chi connectivity index (χ3v) is 4.26. The van der Waals surface area contributed by atoms with Crippen LogP contribution in [0.3, 0.4) is 0 Å². The normalized spacial score (nSPS) is 17.5. The fourth-order valence-corrected chi connectivity index (χ4v) is 3.26. The Hall–Kier alpha value is -1.88. The van der Waals surface area contributed by atoms with Crippen molar-refractivity contribution in [2.24, 2.45) is 0 Å². The summed E-state index contributed by atoms with van der Waals surface area (Å²) in [4.78, 5) is 17.3. The second-order valence-corrected chi connectivity index (χ2v) is 5.68.